The van der Waals surface area contributed by atoms with Crippen molar-refractivity contribution in [2.75, 3.05) is 0 Å². The highest BCUT2D eigenvalue weighted by atomic mass is 127. The summed E-state index contributed by atoms with van der Waals surface area (Å²) < 4.78 is 0.876. The van der Waals surface area contributed by atoms with Gasteiger partial charge in [0, 0.05) is 9.13 Å². The fourth-order valence-corrected chi connectivity index (χ4v) is 2.48. The molecule has 2 aromatic rings. The first-order valence-electron chi connectivity index (χ1n) is 4.63. The Hall–Kier alpha value is -1.52. The number of benzene rings is 2. The average molecular weight is 322 g/mol. The van der Waals surface area contributed by atoms with Crippen LogP contribution in [0.5, 0.6) is 0 Å². The van der Waals surface area contributed by atoms with Crippen LogP contribution < -0.4 is 0 Å². The van der Waals surface area contributed by atoms with Gasteiger partial charge in [0.2, 0.25) is 0 Å². The van der Waals surface area contributed by atoms with E-state index >= 15 is 0 Å². The first-order chi connectivity index (χ1) is 7.74. The van der Waals surface area contributed by atoms with Gasteiger partial charge in [0.05, 0.1) is 0 Å². The molecule has 0 heterocycles. The summed E-state index contributed by atoms with van der Waals surface area (Å²) in [6.45, 7) is 0. The zero-order valence-corrected chi connectivity index (χ0v) is 10.4. The number of carbonyl (C=O) groups excluding carboxylic acids is 1. The molecule has 0 N–H and O–H groups in total. The number of carbonyl (C=O) groups is 1. The van der Waals surface area contributed by atoms with Crippen LogP contribution in [0.15, 0.2) is 36.4 Å². The zero-order chi connectivity index (χ0) is 11.5. The number of halogens is 1. The molecule has 0 radical (unpaired) electrons. The third-order valence-electron chi connectivity index (χ3n) is 2.30. The number of ketones is 1. The summed E-state index contributed by atoms with van der Waals surface area (Å²) in [5.74, 6) is -0.294. The Kier molecular flexibility index (Phi) is 3.12. The summed E-state index contributed by atoms with van der Waals surface area (Å²) in [5, 5.41) is 2.12. The molecule has 0 atom stereocenters. The number of Topliss-reactive ketones (excluding diaryl/α,β-unsaturated/α-hetero) is 1. The van der Waals surface area contributed by atoms with E-state index in [1.165, 1.54) is 0 Å². The Bertz CT molecular complexity index is 615. The summed E-state index contributed by atoms with van der Waals surface area (Å²) >= 11 is 2.13. The predicted molar refractivity (Wildman–Crippen MR) is 70.7 cm³/mol. The number of fused-ring (bicyclic) bond motifs is 1. The molecule has 16 heavy (non-hydrogen) atoms. The van der Waals surface area contributed by atoms with Gasteiger partial charge in [-0.3, -0.25) is 4.79 Å². The first-order valence-corrected chi connectivity index (χ1v) is 5.71. The molecule has 0 aromatic heterocycles. The van der Waals surface area contributed by atoms with Gasteiger partial charge in [-0.1, -0.05) is 30.3 Å². The molecule has 0 spiro atoms. The van der Waals surface area contributed by atoms with E-state index in [1.807, 2.05) is 30.3 Å². The molecule has 0 unspecified atom stereocenters. The van der Waals surface area contributed by atoms with E-state index < -0.39 is 0 Å². The van der Waals surface area contributed by atoms with Crippen LogP contribution in [0.1, 0.15) is 10.4 Å². The van der Waals surface area contributed by atoms with Crippen molar-refractivity contribution in [1.29, 1.82) is 0 Å². The molecule has 0 fully saturated rings. The monoisotopic (exact) mass is 322 g/mol. The average Bonchev–Trinajstić information content (AvgIpc) is 2.30. The van der Waals surface area contributed by atoms with Crippen LogP contribution >= 0.6 is 22.6 Å². The van der Waals surface area contributed by atoms with Gasteiger partial charge in [-0.25, -0.2) is 0 Å². The number of hydrogen-bond acceptors (Lipinski definition) is 1. The molecule has 0 aliphatic heterocycles. The Morgan fingerprint density at radius 1 is 1.25 bits per heavy atom. The molecule has 3 nitrogen and oxygen atoms in total. The van der Waals surface area contributed by atoms with Crippen LogP contribution in [0.4, 0.5) is 0 Å². The molecule has 2 aromatic carbocycles. The maximum Gasteiger partial charge on any atom is 0.328 e. The van der Waals surface area contributed by atoms with Crippen LogP contribution in [0.3, 0.4) is 0 Å². The van der Waals surface area contributed by atoms with Gasteiger partial charge in [0.1, 0.15) is 0 Å². The lowest BCUT2D eigenvalue weighted by Crippen LogP contribution is -2.03. The Morgan fingerprint density at radius 3 is 2.75 bits per heavy atom. The number of rotatable bonds is 2. The van der Waals surface area contributed by atoms with E-state index in [0.717, 1.165) is 20.6 Å². The van der Waals surface area contributed by atoms with E-state index in [4.69, 9.17) is 5.53 Å². The molecule has 0 saturated heterocycles. The standard InChI is InChI=1S/C12H7IN2O/c13-12-9-4-2-1-3-8(9)5-6-10(12)11(16)7-15-14/h1-7H. The second-order valence-electron chi connectivity index (χ2n) is 3.26. The lowest BCUT2D eigenvalue weighted by molar-refractivity contribution is 0.00234. The van der Waals surface area contributed by atoms with Gasteiger partial charge in [-0.2, -0.15) is 4.79 Å². The van der Waals surface area contributed by atoms with Crippen molar-refractivity contribution in [3.63, 3.8) is 0 Å². The molecule has 0 amide bonds. The molecule has 2 rings (SSSR count). The molecule has 4 heteroatoms. The van der Waals surface area contributed by atoms with Crippen molar-refractivity contribution in [2.24, 2.45) is 0 Å². The second-order valence-corrected chi connectivity index (χ2v) is 4.34. The highest BCUT2D eigenvalue weighted by molar-refractivity contribution is 14.1. The second kappa shape index (κ2) is 4.55. The van der Waals surface area contributed by atoms with Crippen LogP contribution in [0, 0.1) is 3.57 Å². The van der Waals surface area contributed by atoms with E-state index in [-0.39, 0.29) is 5.78 Å². The van der Waals surface area contributed by atoms with Crippen LogP contribution in [0.2, 0.25) is 0 Å². The van der Waals surface area contributed by atoms with E-state index in [9.17, 15) is 4.79 Å². The van der Waals surface area contributed by atoms with Crippen LogP contribution in [-0.2, 0) is 0 Å². The highest BCUT2D eigenvalue weighted by Crippen LogP contribution is 2.24. The smallest absolute Gasteiger partial charge is 0.328 e. The molecule has 0 saturated carbocycles. The minimum atomic E-state index is -0.294. The summed E-state index contributed by atoms with van der Waals surface area (Å²) in [5.41, 5.74) is 8.90. The van der Waals surface area contributed by atoms with Gasteiger partial charge in [0.25, 0.3) is 5.78 Å². The van der Waals surface area contributed by atoms with Gasteiger partial charge in [-0.15, -0.1) is 0 Å². The maximum absolute atomic E-state index is 11.6. The maximum atomic E-state index is 11.6. The quantitative estimate of drug-likeness (QED) is 0.276. The molecular formula is C12H7IN2O. The number of nitrogens with zero attached hydrogens (tertiary/aromatic N) is 2. The van der Waals surface area contributed by atoms with Crippen LogP contribution in [-0.4, -0.2) is 16.8 Å². The Balaban J connectivity index is 2.69. The largest absolute Gasteiger partial charge is 0.361 e. The molecule has 78 valence electrons. The topological polar surface area (TPSA) is 53.5 Å². The van der Waals surface area contributed by atoms with Crippen molar-refractivity contribution >= 4 is 45.4 Å². The van der Waals surface area contributed by atoms with Crippen molar-refractivity contribution in [3.8, 4) is 0 Å². The van der Waals surface area contributed by atoms with E-state index in [0.29, 0.717) is 5.56 Å². The van der Waals surface area contributed by atoms with E-state index in [2.05, 4.69) is 27.4 Å². The third-order valence-corrected chi connectivity index (χ3v) is 3.47. The van der Waals surface area contributed by atoms with Crippen molar-refractivity contribution < 1.29 is 9.58 Å². The molecule has 0 aliphatic carbocycles. The van der Waals surface area contributed by atoms with Crippen LogP contribution in [0.25, 0.3) is 16.3 Å². The van der Waals surface area contributed by atoms with Crippen molar-refractivity contribution in [3.05, 3.63) is 51.1 Å². The molecule has 0 aliphatic rings. The summed E-state index contributed by atoms with van der Waals surface area (Å²) in [4.78, 5) is 14.4. The fraction of sp³-hybridized carbons (Fsp3) is 0. The van der Waals surface area contributed by atoms with Gasteiger partial charge in [0.15, 0.2) is 0 Å². The van der Waals surface area contributed by atoms with Crippen molar-refractivity contribution in [2.45, 2.75) is 0 Å². The normalized spacial score (nSPS) is 9.81. The first kappa shape index (κ1) is 11.0. The number of hydrogen-bond donors (Lipinski definition) is 0. The Morgan fingerprint density at radius 2 is 2.00 bits per heavy atom. The lowest BCUT2D eigenvalue weighted by Gasteiger charge is -2.03. The van der Waals surface area contributed by atoms with Gasteiger partial charge >= 0.3 is 6.21 Å². The summed E-state index contributed by atoms with van der Waals surface area (Å²) in [7, 11) is 0. The SMILES string of the molecule is [N-]=[N+]=CC(=O)c1ccc2ccccc2c1I. The fourth-order valence-electron chi connectivity index (χ4n) is 1.55. The van der Waals surface area contributed by atoms with Gasteiger partial charge in [-0.05, 0) is 39.4 Å². The highest BCUT2D eigenvalue weighted by Gasteiger charge is 2.13. The molecular weight excluding hydrogens is 315 g/mol. The van der Waals surface area contributed by atoms with E-state index in [1.54, 1.807) is 6.07 Å². The zero-order valence-electron chi connectivity index (χ0n) is 8.22. The van der Waals surface area contributed by atoms with Gasteiger partial charge < -0.3 is 5.53 Å². The molecule has 0 bridgehead atoms. The Labute approximate surface area is 106 Å². The summed E-state index contributed by atoms with van der Waals surface area (Å²) in [6, 6.07) is 11.5. The minimum absolute atomic E-state index is 0.294. The minimum Gasteiger partial charge on any atom is -0.361 e. The lowest BCUT2D eigenvalue weighted by atomic mass is 10.0. The summed E-state index contributed by atoms with van der Waals surface area (Å²) in [6.07, 6.45) is 0.909. The third kappa shape index (κ3) is 1.89. The van der Waals surface area contributed by atoms with Crippen molar-refractivity contribution in [1.82, 2.24) is 0 Å². The predicted octanol–water partition coefficient (Wildman–Crippen LogP) is 2.93.